The lowest BCUT2D eigenvalue weighted by Crippen LogP contribution is -2.38. The maximum absolute atomic E-state index is 12.6. The van der Waals surface area contributed by atoms with Gasteiger partial charge in [0.05, 0.1) is 11.5 Å². The highest BCUT2D eigenvalue weighted by Gasteiger charge is 2.33. The van der Waals surface area contributed by atoms with Gasteiger partial charge in [-0.15, -0.1) is 0 Å². The standard InChI is InChI=1S/C15H24N4O3S/c1-10(2)8-16-14-7-13(17-11(3)18-14)15(20)19(4)12-5-6-23(21,22)9-12/h7,10,12H,5-6,8-9H2,1-4H3,(H,16,17,18). The summed E-state index contributed by atoms with van der Waals surface area (Å²) in [5.41, 5.74) is 0.288. The van der Waals surface area contributed by atoms with Gasteiger partial charge in [-0.2, -0.15) is 0 Å². The van der Waals surface area contributed by atoms with Gasteiger partial charge >= 0.3 is 0 Å². The highest BCUT2D eigenvalue weighted by atomic mass is 32.2. The van der Waals surface area contributed by atoms with E-state index in [1.165, 1.54) is 4.90 Å². The average Bonchev–Trinajstić information content (AvgIpc) is 2.83. The molecule has 0 aliphatic carbocycles. The summed E-state index contributed by atoms with van der Waals surface area (Å²) in [6.07, 6.45) is 0.479. The number of carbonyl (C=O) groups is 1. The van der Waals surface area contributed by atoms with E-state index in [4.69, 9.17) is 0 Å². The topological polar surface area (TPSA) is 92.3 Å². The van der Waals surface area contributed by atoms with Crippen LogP contribution < -0.4 is 5.32 Å². The number of aryl methyl sites for hydroxylation is 1. The first kappa shape index (κ1) is 17.7. The first-order valence-electron chi connectivity index (χ1n) is 7.75. The third kappa shape index (κ3) is 4.63. The minimum atomic E-state index is -3.03. The smallest absolute Gasteiger partial charge is 0.272 e. The Bertz CT molecular complexity index is 688. The molecule has 2 heterocycles. The Morgan fingerprint density at radius 1 is 1.43 bits per heavy atom. The van der Waals surface area contributed by atoms with Gasteiger partial charge in [-0.1, -0.05) is 13.8 Å². The van der Waals surface area contributed by atoms with Gasteiger partial charge in [0.15, 0.2) is 9.84 Å². The van der Waals surface area contributed by atoms with Crippen molar-refractivity contribution in [3.8, 4) is 0 Å². The van der Waals surface area contributed by atoms with Crippen LogP contribution in [-0.4, -0.2) is 60.3 Å². The Kier molecular flexibility index (Phi) is 5.23. The molecule has 2 rings (SSSR count). The minimum Gasteiger partial charge on any atom is -0.370 e. The van der Waals surface area contributed by atoms with Gasteiger partial charge < -0.3 is 10.2 Å². The van der Waals surface area contributed by atoms with Gasteiger partial charge in [0.2, 0.25) is 0 Å². The number of aromatic nitrogens is 2. The zero-order valence-electron chi connectivity index (χ0n) is 14.0. The van der Waals surface area contributed by atoms with Crippen LogP contribution in [0.5, 0.6) is 0 Å². The summed E-state index contributed by atoms with van der Waals surface area (Å²) in [6.45, 7) is 6.65. The van der Waals surface area contributed by atoms with E-state index in [9.17, 15) is 13.2 Å². The lowest BCUT2D eigenvalue weighted by atomic mass is 10.2. The maximum atomic E-state index is 12.6. The Morgan fingerprint density at radius 3 is 2.70 bits per heavy atom. The SMILES string of the molecule is Cc1nc(NCC(C)C)cc(C(=O)N(C)C2CCS(=O)(=O)C2)n1. The molecule has 1 aromatic heterocycles. The van der Waals surface area contributed by atoms with Crippen molar-refractivity contribution in [2.45, 2.75) is 33.2 Å². The Labute approximate surface area is 137 Å². The molecule has 1 aliphatic rings. The van der Waals surface area contributed by atoms with E-state index in [1.807, 2.05) is 0 Å². The Morgan fingerprint density at radius 2 is 2.13 bits per heavy atom. The van der Waals surface area contributed by atoms with E-state index in [0.29, 0.717) is 24.0 Å². The summed E-state index contributed by atoms with van der Waals surface area (Å²) in [5, 5.41) is 3.18. The van der Waals surface area contributed by atoms with Gasteiger partial charge in [-0.3, -0.25) is 4.79 Å². The van der Waals surface area contributed by atoms with E-state index in [2.05, 4.69) is 29.1 Å². The fraction of sp³-hybridized carbons (Fsp3) is 0.667. The van der Waals surface area contributed by atoms with Crippen molar-refractivity contribution in [2.75, 3.05) is 30.4 Å². The molecule has 0 spiro atoms. The first-order chi connectivity index (χ1) is 10.7. The molecule has 0 bridgehead atoms. The number of amides is 1. The molecule has 0 saturated carbocycles. The molecule has 0 radical (unpaired) electrons. The van der Waals surface area contributed by atoms with E-state index in [1.54, 1.807) is 20.0 Å². The largest absolute Gasteiger partial charge is 0.370 e. The number of rotatable bonds is 5. The Hall–Kier alpha value is -1.70. The molecule has 1 unspecified atom stereocenters. The van der Waals surface area contributed by atoms with Gasteiger partial charge in [-0.05, 0) is 19.3 Å². The van der Waals surface area contributed by atoms with Gasteiger partial charge in [0.1, 0.15) is 17.3 Å². The average molecular weight is 340 g/mol. The fourth-order valence-corrected chi connectivity index (χ4v) is 4.28. The number of hydrogen-bond donors (Lipinski definition) is 1. The van der Waals surface area contributed by atoms with Gasteiger partial charge in [-0.25, -0.2) is 18.4 Å². The molecule has 1 saturated heterocycles. The molecule has 128 valence electrons. The van der Waals surface area contributed by atoms with Crippen molar-refractivity contribution in [3.63, 3.8) is 0 Å². The van der Waals surface area contributed by atoms with Gasteiger partial charge in [0, 0.05) is 25.7 Å². The van der Waals surface area contributed by atoms with E-state index in [0.717, 1.165) is 6.54 Å². The van der Waals surface area contributed by atoms with Crippen LogP contribution in [0.15, 0.2) is 6.07 Å². The van der Waals surface area contributed by atoms with Crippen LogP contribution in [0.3, 0.4) is 0 Å². The lowest BCUT2D eigenvalue weighted by Gasteiger charge is -2.23. The summed E-state index contributed by atoms with van der Waals surface area (Å²) in [6, 6.07) is 1.34. The highest BCUT2D eigenvalue weighted by molar-refractivity contribution is 7.91. The number of anilines is 1. The van der Waals surface area contributed by atoms with E-state index < -0.39 is 9.84 Å². The van der Waals surface area contributed by atoms with Crippen LogP contribution in [0.2, 0.25) is 0 Å². The number of carbonyl (C=O) groups excluding carboxylic acids is 1. The van der Waals surface area contributed by atoms with Crippen LogP contribution in [0.4, 0.5) is 5.82 Å². The Balaban J connectivity index is 2.15. The van der Waals surface area contributed by atoms with Crippen LogP contribution in [0.25, 0.3) is 0 Å². The third-order valence-electron chi connectivity index (χ3n) is 3.82. The predicted molar refractivity (Wildman–Crippen MR) is 89.2 cm³/mol. The quantitative estimate of drug-likeness (QED) is 0.863. The zero-order chi connectivity index (χ0) is 17.2. The predicted octanol–water partition coefficient (Wildman–Crippen LogP) is 1.11. The van der Waals surface area contributed by atoms with Crippen LogP contribution in [-0.2, 0) is 9.84 Å². The van der Waals surface area contributed by atoms with Crippen molar-refractivity contribution < 1.29 is 13.2 Å². The monoisotopic (exact) mass is 340 g/mol. The summed E-state index contributed by atoms with van der Waals surface area (Å²) < 4.78 is 23.2. The van der Waals surface area contributed by atoms with Gasteiger partial charge in [0.25, 0.3) is 5.91 Å². The second kappa shape index (κ2) is 6.82. The number of nitrogens with zero attached hydrogens (tertiary/aromatic N) is 3. The summed E-state index contributed by atoms with van der Waals surface area (Å²) in [7, 11) is -1.40. The molecule has 23 heavy (non-hydrogen) atoms. The molecule has 1 atom stereocenters. The fourth-order valence-electron chi connectivity index (χ4n) is 2.50. The molecular formula is C15H24N4O3S. The van der Waals surface area contributed by atoms with Crippen molar-refractivity contribution >= 4 is 21.6 Å². The van der Waals surface area contributed by atoms with E-state index in [-0.39, 0.29) is 29.1 Å². The zero-order valence-corrected chi connectivity index (χ0v) is 14.9. The molecule has 0 aromatic carbocycles. The van der Waals surface area contributed by atoms with Crippen molar-refractivity contribution in [1.29, 1.82) is 0 Å². The normalized spacial score (nSPS) is 19.8. The summed E-state index contributed by atoms with van der Waals surface area (Å²) in [5.74, 6) is 1.47. The van der Waals surface area contributed by atoms with Crippen LogP contribution in [0, 0.1) is 12.8 Å². The third-order valence-corrected chi connectivity index (χ3v) is 5.58. The molecule has 1 aliphatic heterocycles. The van der Waals surface area contributed by atoms with Crippen molar-refractivity contribution in [1.82, 2.24) is 14.9 Å². The minimum absolute atomic E-state index is 0.0256. The number of hydrogen-bond acceptors (Lipinski definition) is 6. The molecule has 8 heteroatoms. The lowest BCUT2D eigenvalue weighted by molar-refractivity contribution is 0.0741. The molecule has 1 aromatic rings. The summed E-state index contributed by atoms with van der Waals surface area (Å²) in [4.78, 5) is 22.6. The molecule has 1 N–H and O–H groups in total. The highest BCUT2D eigenvalue weighted by Crippen LogP contribution is 2.19. The molecular weight excluding hydrogens is 316 g/mol. The van der Waals surface area contributed by atoms with Crippen LogP contribution in [0.1, 0.15) is 36.6 Å². The molecule has 7 nitrogen and oxygen atoms in total. The van der Waals surface area contributed by atoms with Crippen LogP contribution >= 0.6 is 0 Å². The number of sulfone groups is 1. The van der Waals surface area contributed by atoms with Crippen molar-refractivity contribution in [2.24, 2.45) is 5.92 Å². The maximum Gasteiger partial charge on any atom is 0.272 e. The number of nitrogens with one attached hydrogen (secondary N) is 1. The summed E-state index contributed by atoms with van der Waals surface area (Å²) >= 11 is 0. The second-order valence-corrected chi connectivity index (χ2v) is 8.66. The van der Waals surface area contributed by atoms with Crippen molar-refractivity contribution in [3.05, 3.63) is 17.6 Å². The first-order valence-corrected chi connectivity index (χ1v) is 9.57. The molecule has 1 amide bonds. The molecule has 1 fully saturated rings. The second-order valence-electron chi connectivity index (χ2n) is 6.43. The van der Waals surface area contributed by atoms with E-state index >= 15 is 0 Å².